The number of fused-ring (bicyclic) bond motifs is 1. The summed E-state index contributed by atoms with van der Waals surface area (Å²) in [5.74, 6) is 0.660. The van der Waals surface area contributed by atoms with Crippen molar-refractivity contribution < 1.29 is 19.1 Å². The number of nitrogens with two attached hydrogens (primary N) is 1. The van der Waals surface area contributed by atoms with E-state index >= 15 is 0 Å². The van der Waals surface area contributed by atoms with Gasteiger partial charge in [-0.1, -0.05) is 42.5 Å². The molecule has 0 aliphatic heterocycles. The molecule has 0 unspecified atom stereocenters. The van der Waals surface area contributed by atoms with Gasteiger partial charge in [-0.15, -0.1) is 0 Å². The first-order chi connectivity index (χ1) is 22.1. The van der Waals surface area contributed by atoms with Crippen LogP contribution < -0.4 is 15.2 Å². The minimum absolute atomic E-state index is 0.101. The summed E-state index contributed by atoms with van der Waals surface area (Å²) in [6.07, 6.45) is 0. The van der Waals surface area contributed by atoms with Crippen LogP contribution in [-0.2, 0) is 6.54 Å². The second-order valence-electron chi connectivity index (χ2n) is 10.7. The van der Waals surface area contributed by atoms with Crippen LogP contribution in [0.2, 0.25) is 0 Å². The summed E-state index contributed by atoms with van der Waals surface area (Å²) in [7, 11) is 3.35. The van der Waals surface area contributed by atoms with E-state index in [1.807, 2.05) is 55.7 Å². The smallest absolute Gasteiger partial charge is 0.327 e. The molecule has 0 aliphatic rings. The molecule has 0 spiro atoms. The highest BCUT2D eigenvalue weighted by molar-refractivity contribution is 6.00. The second kappa shape index (κ2) is 13.5. The normalized spacial score (nSPS) is 10.9. The van der Waals surface area contributed by atoms with Gasteiger partial charge in [-0.3, -0.25) is 15.0 Å². The third kappa shape index (κ3) is 6.65. The molecule has 0 fully saturated rings. The largest absolute Gasteiger partial charge is 0.437 e. The Labute approximate surface area is 266 Å². The van der Waals surface area contributed by atoms with Crippen LogP contribution >= 0.6 is 0 Å². The number of aromatic nitrogens is 4. The van der Waals surface area contributed by atoms with E-state index in [9.17, 15) is 9.59 Å². The van der Waals surface area contributed by atoms with E-state index in [1.54, 1.807) is 55.4 Å². The van der Waals surface area contributed by atoms with Crippen molar-refractivity contribution in [2.45, 2.75) is 27.3 Å². The average molecular weight is 621 g/mol. The van der Waals surface area contributed by atoms with Crippen LogP contribution in [0.3, 0.4) is 0 Å². The lowest BCUT2D eigenvalue weighted by molar-refractivity contribution is 0.0769. The van der Waals surface area contributed by atoms with Crippen molar-refractivity contribution >= 4 is 28.8 Å². The van der Waals surface area contributed by atoms with Crippen LogP contribution in [0.1, 0.15) is 51.5 Å². The Balaban J connectivity index is 1.65. The van der Waals surface area contributed by atoms with Gasteiger partial charge in [-0.25, -0.2) is 4.98 Å². The second-order valence-corrected chi connectivity index (χ2v) is 10.7. The Hall–Kier alpha value is -5.78. The molecule has 2 aromatic heterocycles. The lowest BCUT2D eigenvalue weighted by Crippen LogP contribution is -2.30. The number of amidine groups is 1. The van der Waals surface area contributed by atoms with Crippen LogP contribution in [0.4, 0.5) is 0 Å². The van der Waals surface area contributed by atoms with E-state index in [0.717, 1.165) is 5.56 Å². The zero-order valence-electron chi connectivity index (χ0n) is 26.4. The molecule has 236 valence electrons. The number of nitrogen functional groups attached to an aromatic ring is 1. The summed E-state index contributed by atoms with van der Waals surface area (Å²) in [4.78, 5) is 43.3. The summed E-state index contributed by atoms with van der Waals surface area (Å²) < 4.78 is 14.4. The summed E-state index contributed by atoms with van der Waals surface area (Å²) in [6.45, 7) is 7.11. The molecule has 0 radical (unpaired) electrons. The van der Waals surface area contributed by atoms with Crippen molar-refractivity contribution in [2.75, 3.05) is 27.2 Å². The minimum atomic E-state index is -0.250. The van der Waals surface area contributed by atoms with Gasteiger partial charge >= 0.3 is 6.01 Å². The Morgan fingerprint density at radius 1 is 0.870 bits per heavy atom. The average Bonchev–Trinajstić information content (AvgIpc) is 3.36. The highest BCUT2D eigenvalue weighted by Crippen LogP contribution is 2.33. The Bertz CT molecular complexity index is 1920. The number of nitrogens with zero attached hydrogens (tertiary/aromatic N) is 6. The summed E-state index contributed by atoms with van der Waals surface area (Å²) >= 11 is 0. The number of benzene rings is 3. The van der Waals surface area contributed by atoms with Gasteiger partial charge in [0.2, 0.25) is 0 Å². The number of aryl methyl sites for hydroxylation is 1. The van der Waals surface area contributed by atoms with Crippen LogP contribution in [0, 0.1) is 12.3 Å². The van der Waals surface area contributed by atoms with Crippen molar-refractivity contribution in [3.05, 3.63) is 101 Å². The van der Waals surface area contributed by atoms with Crippen LogP contribution in [0.15, 0.2) is 72.8 Å². The molecule has 2 amide bonds. The topological polar surface area (TPSA) is 153 Å². The predicted molar refractivity (Wildman–Crippen MR) is 175 cm³/mol. The van der Waals surface area contributed by atoms with E-state index in [4.69, 9.17) is 30.6 Å². The quantitative estimate of drug-likeness (QED) is 0.150. The summed E-state index contributed by atoms with van der Waals surface area (Å²) in [5.41, 5.74) is 8.74. The first kappa shape index (κ1) is 31.6. The number of carbonyl (C=O) groups excluding carboxylic acids is 2. The molecule has 46 heavy (non-hydrogen) atoms. The maximum absolute atomic E-state index is 13.5. The molecule has 5 aromatic rings. The third-order valence-electron chi connectivity index (χ3n) is 7.39. The molecule has 3 N–H and O–H groups in total. The fraction of sp³-hybridized carbons (Fsp3) is 0.235. The molecule has 3 aromatic carbocycles. The van der Waals surface area contributed by atoms with E-state index in [-0.39, 0.29) is 40.9 Å². The molecular formula is C34H36N8O4. The van der Waals surface area contributed by atoms with E-state index < -0.39 is 0 Å². The monoisotopic (exact) mass is 620 g/mol. The van der Waals surface area contributed by atoms with Gasteiger partial charge in [0.05, 0.1) is 12.1 Å². The third-order valence-corrected chi connectivity index (χ3v) is 7.39. The van der Waals surface area contributed by atoms with Gasteiger partial charge in [-0.2, -0.15) is 9.97 Å². The van der Waals surface area contributed by atoms with Gasteiger partial charge < -0.3 is 29.6 Å². The van der Waals surface area contributed by atoms with E-state index in [1.165, 1.54) is 11.0 Å². The standard InChI is InChI=1S/C34H36N8O4/c1-6-41(7-2)33(44)26-17-16-23(29(35)36)19-27(26)46-34-38-30-28(37-21(3)42(30)20-22-12-9-8-10-13-22)31(39-34)45-25-15-11-14-24(18-25)32(43)40(4)5/h8-19H,6-7,20H2,1-5H3,(H3,35,36). The Morgan fingerprint density at radius 3 is 2.28 bits per heavy atom. The molecule has 0 aliphatic carbocycles. The first-order valence-corrected chi connectivity index (χ1v) is 14.8. The highest BCUT2D eigenvalue weighted by Gasteiger charge is 2.23. The van der Waals surface area contributed by atoms with E-state index in [2.05, 4.69) is 4.98 Å². The van der Waals surface area contributed by atoms with Crippen LogP contribution in [-0.4, -0.2) is 74.2 Å². The number of hydrogen-bond acceptors (Lipinski definition) is 8. The molecular weight excluding hydrogens is 584 g/mol. The zero-order valence-corrected chi connectivity index (χ0v) is 26.4. The van der Waals surface area contributed by atoms with Gasteiger partial charge in [0, 0.05) is 38.3 Å². The lowest BCUT2D eigenvalue weighted by atomic mass is 10.1. The van der Waals surface area contributed by atoms with Crippen molar-refractivity contribution in [3.8, 4) is 23.4 Å². The molecule has 5 rings (SSSR count). The number of nitrogens with one attached hydrogen (secondary N) is 1. The number of amides is 2. The fourth-order valence-electron chi connectivity index (χ4n) is 4.93. The molecule has 0 atom stereocenters. The zero-order chi connectivity index (χ0) is 33.0. The molecule has 0 bridgehead atoms. The SMILES string of the molecule is CCN(CC)C(=O)c1ccc(C(=N)N)cc1Oc1nc(Oc2cccc(C(=O)N(C)C)c2)c2nc(C)n(Cc3ccccc3)c2n1. The van der Waals surface area contributed by atoms with Gasteiger partial charge in [0.1, 0.15) is 23.2 Å². The molecule has 12 nitrogen and oxygen atoms in total. The van der Waals surface area contributed by atoms with Gasteiger partial charge in [-0.05, 0) is 56.7 Å². The number of carbonyl (C=O) groups is 2. The summed E-state index contributed by atoms with van der Waals surface area (Å²) in [5, 5.41) is 7.96. The first-order valence-electron chi connectivity index (χ1n) is 14.8. The number of imidazole rings is 1. The molecule has 0 saturated heterocycles. The molecule has 0 saturated carbocycles. The number of hydrogen-bond donors (Lipinski definition) is 2. The minimum Gasteiger partial charge on any atom is -0.437 e. The fourth-order valence-corrected chi connectivity index (χ4v) is 4.93. The number of rotatable bonds is 11. The summed E-state index contributed by atoms with van der Waals surface area (Å²) in [6, 6.07) is 21.2. The van der Waals surface area contributed by atoms with Gasteiger partial charge in [0.25, 0.3) is 17.7 Å². The van der Waals surface area contributed by atoms with Crippen LogP contribution in [0.5, 0.6) is 23.4 Å². The van der Waals surface area contributed by atoms with Crippen molar-refractivity contribution in [1.29, 1.82) is 5.41 Å². The Kier molecular flexibility index (Phi) is 9.26. The Morgan fingerprint density at radius 2 is 1.61 bits per heavy atom. The van der Waals surface area contributed by atoms with Crippen molar-refractivity contribution in [3.63, 3.8) is 0 Å². The maximum Gasteiger partial charge on any atom is 0.327 e. The molecule has 12 heteroatoms. The van der Waals surface area contributed by atoms with Gasteiger partial charge in [0.15, 0.2) is 11.2 Å². The van der Waals surface area contributed by atoms with Crippen molar-refractivity contribution in [1.82, 2.24) is 29.3 Å². The lowest BCUT2D eigenvalue weighted by Gasteiger charge is -2.20. The highest BCUT2D eigenvalue weighted by atomic mass is 16.5. The van der Waals surface area contributed by atoms with E-state index in [0.29, 0.717) is 53.5 Å². The maximum atomic E-state index is 13.5. The molecule has 2 heterocycles. The number of ether oxygens (including phenoxy) is 2. The predicted octanol–water partition coefficient (Wildman–Crippen LogP) is 5.24. The van der Waals surface area contributed by atoms with Crippen molar-refractivity contribution in [2.24, 2.45) is 5.73 Å². The van der Waals surface area contributed by atoms with Crippen LogP contribution in [0.25, 0.3) is 11.2 Å².